The van der Waals surface area contributed by atoms with Gasteiger partial charge in [-0.25, -0.2) is 0 Å². The van der Waals surface area contributed by atoms with Crippen molar-refractivity contribution < 1.29 is 18.7 Å². The van der Waals surface area contributed by atoms with Gasteiger partial charge < -0.3 is 18.8 Å². The molecule has 1 aromatic rings. The highest BCUT2D eigenvalue weighted by molar-refractivity contribution is 5.93. The van der Waals surface area contributed by atoms with Crippen LogP contribution in [0, 0.1) is 0 Å². The Balaban J connectivity index is 1.74. The van der Waals surface area contributed by atoms with Crippen LogP contribution in [0.3, 0.4) is 0 Å². The average Bonchev–Trinajstić information content (AvgIpc) is 2.97. The summed E-state index contributed by atoms with van der Waals surface area (Å²) in [6.45, 7) is 8.99. The molecule has 6 heteroatoms. The fourth-order valence-electron chi connectivity index (χ4n) is 3.15. The first-order valence-electron chi connectivity index (χ1n) is 7.87. The van der Waals surface area contributed by atoms with E-state index in [2.05, 4.69) is 18.7 Å². The van der Waals surface area contributed by atoms with E-state index in [1.54, 1.807) is 6.07 Å². The van der Waals surface area contributed by atoms with Gasteiger partial charge in [0.1, 0.15) is 11.9 Å². The zero-order chi connectivity index (χ0) is 15.6. The lowest BCUT2D eigenvalue weighted by atomic mass is 10.0. The molecule has 2 aliphatic heterocycles. The first-order chi connectivity index (χ1) is 10.6. The Morgan fingerprint density at radius 3 is 2.86 bits per heavy atom. The molecule has 122 valence electrons. The smallest absolute Gasteiger partial charge is 0.257 e. The quantitative estimate of drug-likeness (QED) is 0.822. The van der Waals surface area contributed by atoms with Crippen molar-refractivity contribution in [1.29, 1.82) is 0 Å². The van der Waals surface area contributed by atoms with Crippen molar-refractivity contribution in [1.82, 2.24) is 9.80 Å². The lowest BCUT2D eigenvalue weighted by molar-refractivity contribution is -0.134. The van der Waals surface area contributed by atoms with E-state index in [0.29, 0.717) is 44.5 Å². The zero-order valence-corrected chi connectivity index (χ0v) is 13.3. The van der Waals surface area contributed by atoms with Crippen LogP contribution >= 0.6 is 0 Å². The van der Waals surface area contributed by atoms with Crippen LogP contribution < -0.4 is 0 Å². The molecule has 2 fully saturated rings. The number of amides is 1. The van der Waals surface area contributed by atoms with Gasteiger partial charge in [0, 0.05) is 25.7 Å². The van der Waals surface area contributed by atoms with E-state index < -0.39 is 5.60 Å². The summed E-state index contributed by atoms with van der Waals surface area (Å²) < 4.78 is 16.9. The summed E-state index contributed by atoms with van der Waals surface area (Å²) in [5.41, 5.74) is 0.158. The molecule has 6 nitrogen and oxygen atoms in total. The minimum Gasteiger partial charge on any atom is -0.472 e. The van der Waals surface area contributed by atoms with Gasteiger partial charge in [-0.15, -0.1) is 0 Å². The molecule has 0 aromatic carbocycles. The highest BCUT2D eigenvalue weighted by atomic mass is 16.5. The van der Waals surface area contributed by atoms with E-state index in [1.165, 1.54) is 12.5 Å². The third-order valence-electron chi connectivity index (χ3n) is 4.41. The number of rotatable bonds is 2. The van der Waals surface area contributed by atoms with Crippen molar-refractivity contribution in [3.63, 3.8) is 0 Å². The molecular formula is C16H24N2O4. The molecule has 22 heavy (non-hydrogen) atoms. The maximum atomic E-state index is 12.5. The van der Waals surface area contributed by atoms with E-state index in [0.717, 1.165) is 13.1 Å². The van der Waals surface area contributed by atoms with Gasteiger partial charge in [0.25, 0.3) is 5.91 Å². The second-order valence-electron chi connectivity index (χ2n) is 6.39. The molecule has 1 spiro atoms. The van der Waals surface area contributed by atoms with E-state index in [1.807, 2.05) is 4.90 Å². The molecule has 3 rings (SSSR count). The van der Waals surface area contributed by atoms with E-state index in [-0.39, 0.29) is 5.91 Å². The summed E-state index contributed by atoms with van der Waals surface area (Å²) in [6, 6.07) is 2.14. The second-order valence-corrected chi connectivity index (χ2v) is 6.39. The lowest BCUT2D eigenvalue weighted by Gasteiger charge is -2.44. The van der Waals surface area contributed by atoms with Crippen molar-refractivity contribution >= 4 is 5.91 Å². The number of nitrogens with zero attached hydrogens (tertiary/aromatic N) is 2. The Morgan fingerprint density at radius 1 is 1.27 bits per heavy atom. The molecule has 3 heterocycles. The fraction of sp³-hybridized carbons (Fsp3) is 0.688. The van der Waals surface area contributed by atoms with Crippen molar-refractivity contribution in [2.45, 2.75) is 25.5 Å². The molecule has 0 bridgehead atoms. The van der Waals surface area contributed by atoms with Crippen LogP contribution in [0.5, 0.6) is 0 Å². The largest absolute Gasteiger partial charge is 0.472 e. The Bertz CT molecular complexity index is 502. The molecule has 2 aliphatic rings. The summed E-state index contributed by atoms with van der Waals surface area (Å²) >= 11 is 0. The van der Waals surface area contributed by atoms with E-state index in [4.69, 9.17) is 13.9 Å². The average molecular weight is 308 g/mol. The Hall–Kier alpha value is -1.37. The van der Waals surface area contributed by atoms with Crippen LogP contribution in [0.4, 0.5) is 0 Å². The van der Waals surface area contributed by atoms with Crippen LogP contribution in [0.1, 0.15) is 24.2 Å². The van der Waals surface area contributed by atoms with Gasteiger partial charge in [-0.05, 0) is 19.9 Å². The van der Waals surface area contributed by atoms with E-state index in [9.17, 15) is 4.79 Å². The van der Waals surface area contributed by atoms with Crippen molar-refractivity contribution in [2.75, 3.05) is 46.0 Å². The number of morpholine rings is 1. The third-order valence-corrected chi connectivity index (χ3v) is 4.41. The van der Waals surface area contributed by atoms with Crippen LogP contribution in [0.2, 0.25) is 0 Å². The predicted molar refractivity (Wildman–Crippen MR) is 80.8 cm³/mol. The molecule has 0 saturated carbocycles. The van der Waals surface area contributed by atoms with Crippen LogP contribution in [-0.4, -0.2) is 73.3 Å². The monoisotopic (exact) mass is 308 g/mol. The molecule has 0 unspecified atom stereocenters. The van der Waals surface area contributed by atoms with Gasteiger partial charge in [-0.3, -0.25) is 9.69 Å². The molecule has 0 aliphatic carbocycles. The van der Waals surface area contributed by atoms with Crippen LogP contribution in [-0.2, 0) is 9.47 Å². The van der Waals surface area contributed by atoms with Crippen LogP contribution in [0.25, 0.3) is 0 Å². The number of hydrogen-bond donors (Lipinski definition) is 0. The normalized spacial score (nSPS) is 27.3. The number of carbonyl (C=O) groups is 1. The molecule has 0 radical (unpaired) electrons. The van der Waals surface area contributed by atoms with Gasteiger partial charge in [0.15, 0.2) is 0 Å². The molecule has 1 atom stereocenters. The Morgan fingerprint density at radius 2 is 2.14 bits per heavy atom. The number of carbonyl (C=O) groups excluding carboxylic acids is 1. The first-order valence-corrected chi connectivity index (χ1v) is 7.87. The Kier molecular flexibility index (Phi) is 4.52. The predicted octanol–water partition coefficient (Wildman–Crippen LogP) is 1.23. The molecule has 0 N–H and O–H groups in total. The molecule has 1 amide bonds. The van der Waals surface area contributed by atoms with Gasteiger partial charge >= 0.3 is 0 Å². The Labute approximate surface area is 131 Å². The summed E-state index contributed by atoms with van der Waals surface area (Å²) in [6.07, 6.45) is 3.02. The maximum absolute atomic E-state index is 12.5. The minimum atomic E-state index is -0.432. The van der Waals surface area contributed by atoms with E-state index >= 15 is 0 Å². The second kappa shape index (κ2) is 6.40. The van der Waals surface area contributed by atoms with Crippen molar-refractivity contribution in [2.24, 2.45) is 0 Å². The fourth-order valence-corrected chi connectivity index (χ4v) is 3.15. The topological polar surface area (TPSA) is 55.2 Å². The summed E-state index contributed by atoms with van der Waals surface area (Å²) in [7, 11) is 0. The van der Waals surface area contributed by atoms with Crippen LogP contribution in [0.15, 0.2) is 23.0 Å². The standard InChI is InChI=1S/C16H24N2O4/c1-13(2)17-4-7-21-12-16(10-17)11-18(5-8-22-16)15(19)14-3-6-20-9-14/h3,6,9,13H,4-5,7-8,10-12H2,1-2H3/t16-/m0/s1. The minimum absolute atomic E-state index is 0.00299. The highest BCUT2D eigenvalue weighted by Crippen LogP contribution is 2.24. The zero-order valence-electron chi connectivity index (χ0n) is 13.3. The number of ether oxygens (including phenoxy) is 2. The van der Waals surface area contributed by atoms with Gasteiger partial charge in [-0.1, -0.05) is 0 Å². The molecule has 2 saturated heterocycles. The van der Waals surface area contributed by atoms with Gasteiger partial charge in [0.05, 0.1) is 38.2 Å². The third kappa shape index (κ3) is 3.19. The number of hydrogen-bond acceptors (Lipinski definition) is 5. The van der Waals surface area contributed by atoms with Crippen molar-refractivity contribution in [3.8, 4) is 0 Å². The number of furan rings is 1. The SMILES string of the molecule is CC(C)N1CCOC[C@@]2(CN(C(=O)c3ccoc3)CCO2)C1. The first kappa shape index (κ1) is 15.5. The highest BCUT2D eigenvalue weighted by Gasteiger charge is 2.42. The summed E-state index contributed by atoms with van der Waals surface area (Å²) in [5, 5.41) is 0. The van der Waals surface area contributed by atoms with Gasteiger partial charge in [-0.2, -0.15) is 0 Å². The van der Waals surface area contributed by atoms with Crippen molar-refractivity contribution in [3.05, 3.63) is 24.2 Å². The molecule has 1 aromatic heterocycles. The molecular weight excluding hydrogens is 284 g/mol. The maximum Gasteiger partial charge on any atom is 0.257 e. The summed E-state index contributed by atoms with van der Waals surface area (Å²) in [5.74, 6) is -0.00299. The summed E-state index contributed by atoms with van der Waals surface area (Å²) in [4.78, 5) is 16.8. The van der Waals surface area contributed by atoms with Gasteiger partial charge in [0.2, 0.25) is 0 Å². The lowest BCUT2D eigenvalue weighted by Crippen LogP contribution is -2.60.